The molecular weight excluding hydrogens is 627 g/mol. The molecule has 3 heterocycles. The summed E-state index contributed by atoms with van der Waals surface area (Å²) in [6.45, 7) is 0. The highest BCUT2D eigenvalue weighted by molar-refractivity contribution is 7.27. The summed E-state index contributed by atoms with van der Waals surface area (Å²) >= 11 is 1.89. The van der Waals surface area contributed by atoms with Crippen LogP contribution in [0.15, 0.2) is 164 Å². The zero-order valence-corrected chi connectivity index (χ0v) is 27.7. The van der Waals surface area contributed by atoms with Crippen molar-refractivity contribution in [1.82, 2.24) is 14.5 Å². The normalized spacial score (nSPS) is 12.0. The number of rotatable bonds is 3. The minimum Gasteiger partial charge on any atom is -0.293 e. The first-order chi connectivity index (χ1) is 24.8. The summed E-state index contributed by atoms with van der Waals surface area (Å²) in [4.78, 5) is 10.7. The molecule has 0 aliphatic rings. The van der Waals surface area contributed by atoms with Gasteiger partial charge in [0.2, 0.25) is 0 Å². The predicted octanol–water partition coefficient (Wildman–Crippen LogP) is 12.7. The second kappa shape index (κ2) is 10.6. The van der Waals surface area contributed by atoms with Crippen molar-refractivity contribution in [2.45, 2.75) is 0 Å². The quantitative estimate of drug-likeness (QED) is 0.190. The van der Waals surface area contributed by atoms with Crippen LogP contribution < -0.4 is 0 Å². The van der Waals surface area contributed by atoms with Gasteiger partial charge in [-0.05, 0) is 45.8 Å². The fraction of sp³-hybridized carbons (Fsp3) is 0. The van der Waals surface area contributed by atoms with Crippen molar-refractivity contribution in [2.75, 3.05) is 0 Å². The van der Waals surface area contributed by atoms with Crippen LogP contribution in [-0.2, 0) is 0 Å². The van der Waals surface area contributed by atoms with Crippen LogP contribution in [0.3, 0.4) is 0 Å². The maximum Gasteiger partial charge on any atom is 0.162 e. The summed E-state index contributed by atoms with van der Waals surface area (Å²) in [6, 6.07) is 58.8. The Labute approximate surface area is 291 Å². The first-order valence-electron chi connectivity index (χ1n) is 16.9. The van der Waals surface area contributed by atoms with E-state index in [1.165, 1.54) is 68.8 Å². The lowest BCUT2D eigenvalue weighted by molar-refractivity contribution is 1.05. The van der Waals surface area contributed by atoms with Crippen molar-refractivity contribution in [3.05, 3.63) is 164 Å². The molecule has 0 aliphatic heterocycles. The second-order valence-corrected chi connectivity index (χ2v) is 14.0. The largest absolute Gasteiger partial charge is 0.293 e. The molecule has 8 aromatic carbocycles. The Kier molecular flexibility index (Phi) is 5.83. The fourth-order valence-electron chi connectivity index (χ4n) is 7.86. The summed E-state index contributed by atoms with van der Waals surface area (Å²) < 4.78 is 5.01. The van der Waals surface area contributed by atoms with Crippen molar-refractivity contribution in [3.63, 3.8) is 0 Å². The second-order valence-electron chi connectivity index (χ2n) is 13.0. The van der Waals surface area contributed by atoms with Crippen LogP contribution in [0.2, 0.25) is 0 Å². The molecule has 0 radical (unpaired) electrons. The number of fused-ring (bicyclic) bond motifs is 12. The van der Waals surface area contributed by atoms with Crippen molar-refractivity contribution < 1.29 is 0 Å². The lowest BCUT2D eigenvalue weighted by Crippen LogP contribution is -2.03. The summed E-state index contributed by atoms with van der Waals surface area (Å²) in [5.41, 5.74) is 5.24. The Morgan fingerprint density at radius 3 is 1.82 bits per heavy atom. The molecule has 3 aromatic heterocycles. The van der Waals surface area contributed by atoms with E-state index in [0.29, 0.717) is 5.82 Å². The van der Waals surface area contributed by atoms with Crippen molar-refractivity contribution in [1.29, 1.82) is 0 Å². The summed E-state index contributed by atoms with van der Waals surface area (Å²) in [5.74, 6) is 1.55. The van der Waals surface area contributed by atoms with Gasteiger partial charge >= 0.3 is 0 Å². The van der Waals surface area contributed by atoms with Crippen LogP contribution in [0, 0.1) is 0 Å². The maximum atomic E-state index is 5.43. The number of benzene rings is 8. The van der Waals surface area contributed by atoms with E-state index >= 15 is 0 Å². The molecule has 4 heteroatoms. The SMILES string of the molecule is c1ccc2cc(-c3cc(-n4c5ccccc5c5c6c7ccccc7sc6c6ccccc6c54)nc(-c4ccc5ccccc5c4)n3)ccc2c1. The Bertz CT molecular complexity index is 3070. The van der Waals surface area contributed by atoms with Crippen molar-refractivity contribution in [3.8, 4) is 28.5 Å². The molecule has 11 rings (SSSR count). The zero-order valence-electron chi connectivity index (χ0n) is 26.8. The van der Waals surface area contributed by atoms with E-state index < -0.39 is 0 Å². The molecule has 0 saturated heterocycles. The monoisotopic (exact) mass is 653 g/mol. The molecule has 50 heavy (non-hydrogen) atoms. The first-order valence-corrected chi connectivity index (χ1v) is 17.7. The summed E-state index contributed by atoms with van der Waals surface area (Å²) in [5, 5.41) is 12.3. The molecule has 0 bridgehead atoms. The molecule has 0 spiro atoms. The molecule has 0 saturated carbocycles. The number of nitrogens with zero attached hydrogens (tertiary/aromatic N) is 3. The molecule has 0 amide bonds. The van der Waals surface area contributed by atoms with Gasteiger partial charge in [0.1, 0.15) is 5.82 Å². The van der Waals surface area contributed by atoms with Gasteiger partial charge in [-0.2, -0.15) is 0 Å². The number of hydrogen-bond acceptors (Lipinski definition) is 3. The Balaban J connectivity index is 1.29. The van der Waals surface area contributed by atoms with Gasteiger partial charge in [-0.1, -0.05) is 133 Å². The van der Waals surface area contributed by atoms with Crippen LogP contribution in [0.5, 0.6) is 0 Å². The van der Waals surface area contributed by atoms with E-state index in [1.807, 2.05) is 11.3 Å². The highest BCUT2D eigenvalue weighted by atomic mass is 32.1. The van der Waals surface area contributed by atoms with E-state index in [2.05, 4.69) is 168 Å². The smallest absolute Gasteiger partial charge is 0.162 e. The maximum absolute atomic E-state index is 5.43. The molecule has 0 N–H and O–H groups in total. The Morgan fingerprint density at radius 2 is 1.04 bits per heavy atom. The zero-order chi connectivity index (χ0) is 32.8. The van der Waals surface area contributed by atoms with Crippen LogP contribution in [0.1, 0.15) is 0 Å². The molecule has 3 nitrogen and oxygen atoms in total. The van der Waals surface area contributed by atoms with Crippen LogP contribution in [-0.4, -0.2) is 14.5 Å². The molecular formula is C46H27N3S. The Morgan fingerprint density at radius 1 is 0.440 bits per heavy atom. The summed E-state index contributed by atoms with van der Waals surface area (Å²) in [6.07, 6.45) is 0. The first kappa shape index (κ1) is 27.6. The Hall–Kier alpha value is -6.36. The third kappa shape index (κ3) is 4.03. The number of hydrogen-bond donors (Lipinski definition) is 0. The van der Waals surface area contributed by atoms with Gasteiger partial charge in [0, 0.05) is 58.9 Å². The molecule has 0 unspecified atom stereocenters. The lowest BCUT2D eigenvalue weighted by atomic mass is 10.00. The molecule has 0 fully saturated rings. The lowest BCUT2D eigenvalue weighted by Gasteiger charge is -2.14. The van der Waals surface area contributed by atoms with Gasteiger partial charge in [-0.25, -0.2) is 9.97 Å². The van der Waals surface area contributed by atoms with E-state index in [-0.39, 0.29) is 0 Å². The van der Waals surface area contributed by atoms with Crippen LogP contribution in [0.4, 0.5) is 0 Å². The van der Waals surface area contributed by atoms with E-state index in [9.17, 15) is 0 Å². The van der Waals surface area contributed by atoms with Gasteiger partial charge < -0.3 is 0 Å². The number of thiophene rings is 1. The standard InChI is InChI=1S/C46H27N3S/c1-3-13-30-25-32(23-21-28(30)11-1)38-27-41(48-46(47-38)33-24-22-29-12-2-4-14-31(29)26-33)49-39-19-9-7-17-36(39)42-43-37-18-8-10-20-40(37)50-45(43)35-16-6-5-15-34(35)44(42)49/h1-27H. The summed E-state index contributed by atoms with van der Waals surface area (Å²) in [7, 11) is 0. The highest BCUT2D eigenvalue weighted by Crippen LogP contribution is 2.48. The topological polar surface area (TPSA) is 30.7 Å². The molecule has 0 atom stereocenters. The molecule has 0 aliphatic carbocycles. The van der Waals surface area contributed by atoms with Crippen molar-refractivity contribution in [2.24, 2.45) is 0 Å². The van der Waals surface area contributed by atoms with Gasteiger partial charge in [0.15, 0.2) is 5.82 Å². The average molecular weight is 654 g/mol. The van der Waals surface area contributed by atoms with Crippen LogP contribution in [0.25, 0.3) is 103 Å². The molecule has 232 valence electrons. The number of para-hydroxylation sites is 1. The van der Waals surface area contributed by atoms with Gasteiger partial charge in [-0.15, -0.1) is 11.3 Å². The highest BCUT2D eigenvalue weighted by Gasteiger charge is 2.23. The average Bonchev–Trinajstić information content (AvgIpc) is 3.74. The third-order valence-corrected chi connectivity index (χ3v) is 11.3. The van der Waals surface area contributed by atoms with Crippen molar-refractivity contribution >= 4 is 85.6 Å². The van der Waals surface area contributed by atoms with Gasteiger partial charge in [-0.3, -0.25) is 4.57 Å². The third-order valence-electron chi connectivity index (χ3n) is 10.1. The van der Waals surface area contributed by atoms with E-state index in [1.54, 1.807) is 0 Å². The minimum atomic E-state index is 0.703. The fourth-order valence-corrected chi connectivity index (χ4v) is 9.11. The predicted molar refractivity (Wildman–Crippen MR) is 213 cm³/mol. The number of aromatic nitrogens is 3. The van der Waals surface area contributed by atoms with Gasteiger partial charge in [0.25, 0.3) is 0 Å². The van der Waals surface area contributed by atoms with E-state index in [4.69, 9.17) is 9.97 Å². The van der Waals surface area contributed by atoms with E-state index in [0.717, 1.165) is 28.2 Å². The minimum absolute atomic E-state index is 0.703. The van der Waals surface area contributed by atoms with Crippen LogP contribution >= 0.6 is 11.3 Å². The molecule has 11 aromatic rings. The van der Waals surface area contributed by atoms with Gasteiger partial charge in [0.05, 0.1) is 16.7 Å².